The third-order valence-electron chi connectivity index (χ3n) is 12.5. The Morgan fingerprint density at radius 2 is 0.393 bits per heavy atom. The highest BCUT2D eigenvalue weighted by atomic mass is 31.1. The van der Waals surface area contributed by atoms with Crippen molar-refractivity contribution in [3.63, 3.8) is 0 Å². The SMILES string of the molecule is c1ccc(P(CC2CC(CP(c3ccccc3)c3ccccc3)C(CP(c3ccccc3)c3ccccc3)C2CP(c2ccccc2)c2ccccc2)c2ccccc2)cc1. The second-order valence-corrected chi connectivity index (χ2v) is 25.2. The number of rotatable bonds is 16. The van der Waals surface area contributed by atoms with E-state index < -0.39 is 31.7 Å². The summed E-state index contributed by atoms with van der Waals surface area (Å²) >= 11 is 0. The average Bonchev–Trinajstić information content (AvgIpc) is 3.67. The largest absolute Gasteiger partial charge is 0.0622 e. The minimum Gasteiger partial charge on any atom is -0.0622 e. The van der Waals surface area contributed by atoms with Crippen LogP contribution in [0, 0.1) is 23.7 Å². The highest BCUT2D eigenvalue weighted by molar-refractivity contribution is 7.74. The number of hydrogen-bond donors (Lipinski definition) is 0. The molecule has 1 aliphatic rings. The Balaban J connectivity index is 1.21. The van der Waals surface area contributed by atoms with Crippen LogP contribution < -0.4 is 42.4 Å². The van der Waals surface area contributed by atoms with Crippen LogP contribution in [0.4, 0.5) is 0 Å². The van der Waals surface area contributed by atoms with Crippen LogP contribution in [0.25, 0.3) is 0 Å². The summed E-state index contributed by atoms with van der Waals surface area (Å²) < 4.78 is 0. The topological polar surface area (TPSA) is 0 Å². The third kappa shape index (κ3) is 10.4. The fraction of sp³-hybridized carbons (Fsp3) is 0.158. The first-order valence-corrected chi connectivity index (χ1v) is 27.9. The van der Waals surface area contributed by atoms with Gasteiger partial charge in [-0.05, 0) is 129 Å². The number of benzene rings is 8. The standard InChI is InChI=1S/C57H54P4/c1-9-25-48(26-10-1)58(49-27-11-2-12-28-49)42-46-41-47(43-59(50-29-13-3-14-30-50)51-31-15-4-16-32-51)57(45-61(54-37-21-7-22-38-54)55-39-23-8-24-40-55)56(46)44-60(52-33-17-5-18-34-52)53-35-19-6-20-36-53/h1-40,46-47,56-57H,41-45H2. The Morgan fingerprint density at radius 1 is 0.230 bits per heavy atom. The van der Waals surface area contributed by atoms with Crippen LogP contribution in [0.2, 0.25) is 0 Å². The molecule has 1 saturated carbocycles. The van der Waals surface area contributed by atoms with Gasteiger partial charge in [0.2, 0.25) is 0 Å². The van der Waals surface area contributed by atoms with Gasteiger partial charge in [-0.1, -0.05) is 243 Å². The van der Waals surface area contributed by atoms with E-state index in [9.17, 15) is 0 Å². The summed E-state index contributed by atoms with van der Waals surface area (Å²) in [6, 6.07) is 92.3. The molecule has 302 valence electrons. The Bertz CT molecular complexity index is 2140. The first-order valence-electron chi connectivity index (χ1n) is 21.8. The lowest BCUT2D eigenvalue weighted by Crippen LogP contribution is -2.32. The average molecular weight is 863 g/mol. The predicted molar refractivity (Wildman–Crippen MR) is 274 cm³/mol. The molecule has 4 unspecified atom stereocenters. The van der Waals surface area contributed by atoms with Gasteiger partial charge in [-0.15, -0.1) is 0 Å². The zero-order valence-electron chi connectivity index (χ0n) is 34.7. The maximum atomic E-state index is 2.42. The van der Waals surface area contributed by atoms with Crippen molar-refractivity contribution in [2.45, 2.75) is 6.42 Å². The molecule has 4 heteroatoms. The van der Waals surface area contributed by atoms with Gasteiger partial charge in [0.25, 0.3) is 0 Å². The van der Waals surface area contributed by atoms with Crippen LogP contribution in [0.5, 0.6) is 0 Å². The molecular weight excluding hydrogens is 809 g/mol. The van der Waals surface area contributed by atoms with Crippen LogP contribution in [-0.4, -0.2) is 24.6 Å². The van der Waals surface area contributed by atoms with Crippen molar-refractivity contribution in [2.24, 2.45) is 23.7 Å². The molecule has 0 amide bonds. The van der Waals surface area contributed by atoms with Crippen molar-refractivity contribution in [2.75, 3.05) is 24.6 Å². The van der Waals surface area contributed by atoms with E-state index in [1.165, 1.54) is 73.5 Å². The third-order valence-corrected chi connectivity index (χ3v) is 23.1. The summed E-state index contributed by atoms with van der Waals surface area (Å²) in [5.41, 5.74) is 0. The van der Waals surface area contributed by atoms with E-state index >= 15 is 0 Å². The minimum absolute atomic E-state index is 0.558. The molecular formula is C57H54P4. The first kappa shape index (κ1) is 41.8. The molecule has 0 radical (unpaired) electrons. The highest BCUT2D eigenvalue weighted by Crippen LogP contribution is 2.57. The highest BCUT2D eigenvalue weighted by Gasteiger charge is 2.46. The van der Waals surface area contributed by atoms with E-state index in [1.807, 2.05) is 0 Å². The Hall–Kier alpha value is -4.52. The summed E-state index contributed by atoms with van der Waals surface area (Å²) in [6.07, 6.45) is 6.13. The normalized spacial score (nSPS) is 17.6. The Morgan fingerprint density at radius 3 is 0.574 bits per heavy atom. The molecule has 61 heavy (non-hydrogen) atoms. The maximum Gasteiger partial charge on any atom is -0.0195 e. The van der Waals surface area contributed by atoms with E-state index in [4.69, 9.17) is 0 Å². The van der Waals surface area contributed by atoms with E-state index in [0.29, 0.717) is 23.7 Å². The minimum atomic E-state index is -0.589. The van der Waals surface area contributed by atoms with Gasteiger partial charge < -0.3 is 0 Å². The molecule has 4 atom stereocenters. The van der Waals surface area contributed by atoms with E-state index in [0.717, 1.165) is 0 Å². The van der Waals surface area contributed by atoms with E-state index in [-0.39, 0.29) is 0 Å². The Kier molecular flexibility index (Phi) is 14.4. The monoisotopic (exact) mass is 862 g/mol. The van der Waals surface area contributed by atoms with E-state index in [2.05, 4.69) is 243 Å². The first-order chi connectivity index (χ1) is 30.3. The quantitative estimate of drug-likeness (QED) is 0.0849. The molecule has 0 aliphatic heterocycles. The summed E-state index contributed by atoms with van der Waals surface area (Å²) in [5, 5.41) is 12.0. The summed E-state index contributed by atoms with van der Waals surface area (Å²) in [7, 11) is -2.30. The van der Waals surface area contributed by atoms with Gasteiger partial charge in [-0.3, -0.25) is 0 Å². The van der Waals surface area contributed by atoms with Crippen molar-refractivity contribution < 1.29 is 0 Å². The van der Waals surface area contributed by atoms with Crippen LogP contribution in [-0.2, 0) is 0 Å². The van der Waals surface area contributed by atoms with Crippen LogP contribution in [0.1, 0.15) is 6.42 Å². The summed E-state index contributed by atoms with van der Waals surface area (Å²) in [6.45, 7) is 0. The smallest absolute Gasteiger partial charge is 0.0195 e. The molecule has 0 spiro atoms. The van der Waals surface area contributed by atoms with Gasteiger partial charge in [0.05, 0.1) is 0 Å². The zero-order valence-corrected chi connectivity index (χ0v) is 38.3. The molecule has 1 aliphatic carbocycles. The molecule has 8 aromatic carbocycles. The van der Waals surface area contributed by atoms with Gasteiger partial charge in [0.15, 0.2) is 0 Å². The lowest BCUT2D eigenvalue weighted by atomic mass is 9.91. The van der Waals surface area contributed by atoms with Crippen molar-refractivity contribution in [3.05, 3.63) is 243 Å². The fourth-order valence-electron chi connectivity index (χ4n) is 9.62. The molecule has 0 N–H and O–H groups in total. The van der Waals surface area contributed by atoms with E-state index in [1.54, 1.807) is 0 Å². The molecule has 8 aromatic rings. The van der Waals surface area contributed by atoms with Gasteiger partial charge in [0, 0.05) is 0 Å². The van der Waals surface area contributed by atoms with Crippen molar-refractivity contribution in [1.29, 1.82) is 0 Å². The number of hydrogen-bond acceptors (Lipinski definition) is 0. The lowest BCUT2D eigenvalue weighted by Gasteiger charge is -2.35. The second kappa shape index (κ2) is 21.0. The molecule has 0 heterocycles. The molecule has 0 aromatic heterocycles. The summed E-state index contributed by atoms with van der Waals surface area (Å²) in [5.74, 6) is 2.31. The fourth-order valence-corrected chi connectivity index (χ4v) is 20.5. The molecule has 0 bridgehead atoms. The lowest BCUT2D eigenvalue weighted by molar-refractivity contribution is 0.366. The molecule has 1 fully saturated rings. The van der Waals surface area contributed by atoms with Crippen LogP contribution in [0.3, 0.4) is 0 Å². The molecule has 0 saturated heterocycles. The maximum absolute atomic E-state index is 2.42. The van der Waals surface area contributed by atoms with Gasteiger partial charge in [-0.25, -0.2) is 0 Å². The predicted octanol–water partition coefficient (Wildman–Crippen LogP) is 11.4. The zero-order chi connectivity index (χ0) is 41.1. The van der Waals surface area contributed by atoms with Crippen LogP contribution >= 0.6 is 31.7 Å². The van der Waals surface area contributed by atoms with Crippen molar-refractivity contribution in [1.82, 2.24) is 0 Å². The Labute approximate surface area is 369 Å². The van der Waals surface area contributed by atoms with Crippen molar-refractivity contribution in [3.8, 4) is 0 Å². The van der Waals surface area contributed by atoms with Crippen LogP contribution in [0.15, 0.2) is 243 Å². The molecule has 9 rings (SSSR count). The van der Waals surface area contributed by atoms with Gasteiger partial charge in [-0.2, -0.15) is 0 Å². The molecule has 0 nitrogen and oxygen atoms in total. The van der Waals surface area contributed by atoms with Gasteiger partial charge in [0.1, 0.15) is 0 Å². The van der Waals surface area contributed by atoms with Crippen molar-refractivity contribution >= 4 is 74.1 Å². The summed E-state index contributed by atoms with van der Waals surface area (Å²) in [4.78, 5) is 0. The van der Waals surface area contributed by atoms with Gasteiger partial charge >= 0.3 is 0 Å². The second-order valence-electron chi connectivity index (χ2n) is 16.2.